The fourth-order valence-corrected chi connectivity index (χ4v) is 6.40. The van der Waals surface area contributed by atoms with E-state index in [0.717, 1.165) is 48.3 Å². The van der Waals surface area contributed by atoms with Gasteiger partial charge >= 0.3 is 0 Å². The molecule has 0 bridgehead atoms. The van der Waals surface area contributed by atoms with Crippen LogP contribution in [0.4, 0.5) is 5.69 Å². The molecule has 1 amide bonds. The van der Waals surface area contributed by atoms with Gasteiger partial charge in [0.25, 0.3) is 5.91 Å². The Morgan fingerprint density at radius 1 is 1.20 bits per heavy atom. The summed E-state index contributed by atoms with van der Waals surface area (Å²) in [6.45, 7) is 9.75. The van der Waals surface area contributed by atoms with Crippen molar-refractivity contribution in [2.45, 2.75) is 64.0 Å². The van der Waals surface area contributed by atoms with Crippen LogP contribution in [0.25, 0.3) is 10.9 Å². The molecule has 4 nitrogen and oxygen atoms in total. The van der Waals surface area contributed by atoms with Crippen LogP contribution in [0.2, 0.25) is 0 Å². The van der Waals surface area contributed by atoms with Gasteiger partial charge in [0, 0.05) is 28.6 Å². The molecule has 1 spiro atoms. The van der Waals surface area contributed by atoms with Gasteiger partial charge in [-0.25, -0.2) is 0 Å². The fraction of sp³-hybridized carbons (Fsp3) is 0.423. The number of aromatic amines is 1. The molecule has 3 aliphatic rings. The number of para-hydroxylation sites is 1. The van der Waals surface area contributed by atoms with Crippen LogP contribution in [0, 0.1) is 0 Å². The highest BCUT2D eigenvalue weighted by Crippen LogP contribution is 2.56. The van der Waals surface area contributed by atoms with Crippen molar-refractivity contribution in [3.05, 3.63) is 64.3 Å². The summed E-state index contributed by atoms with van der Waals surface area (Å²) in [5, 5.41) is 4.96. The zero-order valence-electron chi connectivity index (χ0n) is 18.2. The Labute approximate surface area is 177 Å². The third-order valence-electron chi connectivity index (χ3n) is 7.65. The van der Waals surface area contributed by atoms with Crippen molar-refractivity contribution in [1.29, 1.82) is 0 Å². The molecule has 0 fully saturated rings. The molecule has 30 heavy (non-hydrogen) atoms. The molecule has 2 aromatic carbocycles. The first-order chi connectivity index (χ1) is 14.4. The lowest BCUT2D eigenvalue weighted by atomic mass is 9.78. The summed E-state index contributed by atoms with van der Waals surface area (Å²) in [7, 11) is 0. The number of anilines is 1. The first-order valence-electron chi connectivity index (χ1n) is 11.3. The highest BCUT2D eigenvalue weighted by molar-refractivity contribution is 6.13. The number of amides is 1. The number of nitrogens with zero attached hydrogens (tertiary/aromatic N) is 1. The number of hydrogen-bond acceptors (Lipinski definition) is 2. The molecule has 0 aliphatic carbocycles. The van der Waals surface area contributed by atoms with Gasteiger partial charge in [-0.05, 0) is 61.8 Å². The van der Waals surface area contributed by atoms with Crippen molar-refractivity contribution >= 4 is 22.5 Å². The van der Waals surface area contributed by atoms with Crippen LogP contribution in [0.5, 0.6) is 0 Å². The first-order valence-corrected chi connectivity index (χ1v) is 11.3. The molecule has 0 unspecified atom stereocenters. The van der Waals surface area contributed by atoms with E-state index in [1.165, 1.54) is 22.1 Å². The van der Waals surface area contributed by atoms with E-state index in [1.807, 2.05) is 0 Å². The molecular weight excluding hydrogens is 370 g/mol. The van der Waals surface area contributed by atoms with Crippen LogP contribution >= 0.6 is 0 Å². The van der Waals surface area contributed by atoms with E-state index in [2.05, 4.69) is 79.3 Å². The molecule has 1 aromatic heterocycles. The third kappa shape index (κ3) is 2.03. The predicted octanol–water partition coefficient (Wildman–Crippen LogP) is 4.75. The second-order valence-electron chi connectivity index (χ2n) is 9.94. The van der Waals surface area contributed by atoms with Crippen molar-refractivity contribution in [1.82, 2.24) is 10.3 Å². The van der Waals surface area contributed by atoms with Crippen LogP contribution in [0.1, 0.15) is 68.0 Å². The van der Waals surface area contributed by atoms with Gasteiger partial charge in [0.1, 0.15) is 0 Å². The zero-order chi connectivity index (χ0) is 20.8. The zero-order valence-corrected chi connectivity index (χ0v) is 18.2. The van der Waals surface area contributed by atoms with Gasteiger partial charge in [-0.15, -0.1) is 0 Å². The molecule has 154 valence electrons. The second-order valence-corrected chi connectivity index (χ2v) is 9.94. The minimum Gasteiger partial charge on any atom is -0.356 e. The number of benzene rings is 2. The van der Waals surface area contributed by atoms with Gasteiger partial charge < -0.3 is 9.88 Å². The Hall–Kier alpha value is -2.59. The summed E-state index contributed by atoms with van der Waals surface area (Å²) in [6.07, 6.45) is 2.89. The maximum absolute atomic E-state index is 14.4. The minimum absolute atomic E-state index is 0.177. The normalized spacial score (nSPS) is 26.3. The number of aryl methyl sites for hydroxylation is 1. The summed E-state index contributed by atoms with van der Waals surface area (Å²) in [6, 6.07) is 13.1. The van der Waals surface area contributed by atoms with Crippen molar-refractivity contribution < 1.29 is 4.79 Å². The smallest absolute Gasteiger partial charge is 0.258 e. The molecule has 0 saturated heterocycles. The molecule has 6 rings (SSSR count). The molecule has 0 saturated carbocycles. The molecular formula is C26H29N3O. The quantitative estimate of drug-likeness (QED) is 0.620. The Bertz CT molecular complexity index is 1220. The lowest BCUT2D eigenvalue weighted by Gasteiger charge is -2.44. The van der Waals surface area contributed by atoms with Crippen molar-refractivity contribution in [3.8, 4) is 0 Å². The molecule has 3 aliphatic heterocycles. The number of fused-ring (bicyclic) bond motifs is 5. The second kappa shape index (κ2) is 5.76. The fourth-order valence-electron chi connectivity index (χ4n) is 6.40. The molecule has 2 N–H and O–H groups in total. The SMILES string of the molecule is CCc1cc2c3c(c1)[C@]1(NCCc4c1[nH]c1ccccc41)C(=O)N3C(C)(C)C[C@@H]2C. The van der Waals surface area contributed by atoms with E-state index >= 15 is 0 Å². The van der Waals surface area contributed by atoms with Crippen LogP contribution in [-0.4, -0.2) is 23.0 Å². The van der Waals surface area contributed by atoms with Crippen LogP contribution in [-0.2, 0) is 23.2 Å². The Kier molecular flexibility index (Phi) is 3.49. The highest BCUT2D eigenvalue weighted by atomic mass is 16.2. The van der Waals surface area contributed by atoms with Gasteiger partial charge in [-0.1, -0.05) is 44.2 Å². The lowest BCUT2D eigenvalue weighted by molar-refractivity contribution is -0.124. The van der Waals surface area contributed by atoms with E-state index in [0.29, 0.717) is 5.92 Å². The van der Waals surface area contributed by atoms with E-state index in [1.54, 1.807) is 0 Å². The summed E-state index contributed by atoms with van der Waals surface area (Å²) >= 11 is 0. The van der Waals surface area contributed by atoms with Gasteiger partial charge in [-0.3, -0.25) is 10.1 Å². The summed E-state index contributed by atoms with van der Waals surface area (Å²) < 4.78 is 0. The maximum atomic E-state index is 14.4. The van der Waals surface area contributed by atoms with Crippen LogP contribution < -0.4 is 10.2 Å². The number of rotatable bonds is 1. The summed E-state index contributed by atoms with van der Waals surface area (Å²) in [5.74, 6) is 0.613. The van der Waals surface area contributed by atoms with Crippen LogP contribution in [0.3, 0.4) is 0 Å². The standard InChI is InChI=1S/C26H29N3O/c1-5-16-12-19-15(2)14-25(3,4)29-22(19)20(13-16)26(24(29)30)23-18(10-11-27-26)17-8-6-7-9-21(17)28-23/h6-9,12-13,15,27-28H,5,10-11,14H2,1-4H3/t15-,26+/m0/s1. The van der Waals surface area contributed by atoms with Crippen molar-refractivity contribution in [2.24, 2.45) is 0 Å². The van der Waals surface area contributed by atoms with E-state index in [4.69, 9.17) is 0 Å². The van der Waals surface area contributed by atoms with Gasteiger partial charge in [0.15, 0.2) is 5.54 Å². The molecule has 4 heteroatoms. The molecule has 3 aromatic rings. The van der Waals surface area contributed by atoms with E-state index < -0.39 is 5.54 Å². The highest BCUT2D eigenvalue weighted by Gasteiger charge is 2.60. The van der Waals surface area contributed by atoms with Gasteiger partial charge in [0.05, 0.1) is 11.4 Å². The average molecular weight is 400 g/mol. The van der Waals surface area contributed by atoms with E-state index in [9.17, 15) is 4.79 Å². The minimum atomic E-state index is -0.816. The number of nitrogens with one attached hydrogen (secondary N) is 2. The topological polar surface area (TPSA) is 48.1 Å². The number of aromatic nitrogens is 1. The third-order valence-corrected chi connectivity index (χ3v) is 7.65. The first kappa shape index (κ1) is 18.2. The summed E-state index contributed by atoms with van der Waals surface area (Å²) in [5.41, 5.74) is 7.38. The number of carbonyl (C=O) groups is 1. The number of carbonyl (C=O) groups excluding carboxylic acids is 1. The maximum Gasteiger partial charge on any atom is 0.258 e. The van der Waals surface area contributed by atoms with Gasteiger partial charge in [-0.2, -0.15) is 0 Å². The average Bonchev–Trinajstić information content (AvgIpc) is 3.22. The molecule has 0 radical (unpaired) electrons. The van der Waals surface area contributed by atoms with E-state index in [-0.39, 0.29) is 11.4 Å². The van der Waals surface area contributed by atoms with Crippen molar-refractivity contribution in [3.63, 3.8) is 0 Å². The Morgan fingerprint density at radius 2 is 2.00 bits per heavy atom. The largest absolute Gasteiger partial charge is 0.356 e. The monoisotopic (exact) mass is 399 g/mol. The molecule has 2 atom stereocenters. The van der Waals surface area contributed by atoms with Gasteiger partial charge in [0.2, 0.25) is 0 Å². The number of H-pyrrole nitrogens is 1. The van der Waals surface area contributed by atoms with Crippen molar-refractivity contribution in [2.75, 3.05) is 11.4 Å². The number of hydrogen-bond donors (Lipinski definition) is 2. The Morgan fingerprint density at radius 3 is 2.80 bits per heavy atom. The summed E-state index contributed by atoms with van der Waals surface area (Å²) in [4.78, 5) is 20.1. The van der Waals surface area contributed by atoms with Crippen LogP contribution in [0.15, 0.2) is 36.4 Å². The lowest BCUT2D eigenvalue weighted by Crippen LogP contribution is -2.59. The molecule has 4 heterocycles. The Balaban J connectivity index is 1.73. The predicted molar refractivity (Wildman–Crippen MR) is 121 cm³/mol.